The zero-order valence-corrected chi connectivity index (χ0v) is 15.4. The molecule has 0 saturated carbocycles. The number of benzene rings is 2. The fraction of sp³-hybridized carbons (Fsp3) is 0.174. The van der Waals surface area contributed by atoms with E-state index in [0.29, 0.717) is 13.1 Å². The Labute approximate surface area is 164 Å². The van der Waals surface area contributed by atoms with Crippen molar-refractivity contribution in [2.45, 2.75) is 13.0 Å². The number of hydrogen-bond acceptors (Lipinski definition) is 3. The zero-order chi connectivity index (χ0) is 19.3. The number of carbonyl (C=O) groups excluding carboxylic acids is 2. The maximum absolute atomic E-state index is 12.8. The molecule has 28 heavy (non-hydrogen) atoms. The van der Waals surface area contributed by atoms with Gasteiger partial charge in [-0.3, -0.25) is 14.6 Å². The Morgan fingerprint density at radius 1 is 1.00 bits per heavy atom. The van der Waals surface area contributed by atoms with Crippen LogP contribution in [0, 0.1) is 5.92 Å². The summed E-state index contributed by atoms with van der Waals surface area (Å²) >= 11 is 0. The quantitative estimate of drug-likeness (QED) is 0.743. The summed E-state index contributed by atoms with van der Waals surface area (Å²) in [6.45, 7) is 0.846. The van der Waals surface area contributed by atoms with Gasteiger partial charge in [-0.1, -0.05) is 54.6 Å². The third kappa shape index (κ3) is 3.93. The molecule has 2 amide bonds. The van der Waals surface area contributed by atoms with Gasteiger partial charge in [-0.2, -0.15) is 0 Å². The van der Waals surface area contributed by atoms with E-state index in [4.69, 9.17) is 0 Å². The lowest BCUT2D eigenvalue weighted by molar-refractivity contribution is -0.128. The Morgan fingerprint density at radius 3 is 2.54 bits per heavy atom. The minimum absolute atomic E-state index is 0.0119. The van der Waals surface area contributed by atoms with Crippen LogP contribution in [0.2, 0.25) is 0 Å². The van der Waals surface area contributed by atoms with Gasteiger partial charge in [0.15, 0.2) is 0 Å². The van der Waals surface area contributed by atoms with E-state index < -0.39 is 0 Å². The van der Waals surface area contributed by atoms with Crippen LogP contribution < -0.4 is 5.32 Å². The van der Waals surface area contributed by atoms with Crippen molar-refractivity contribution in [3.8, 4) is 11.1 Å². The van der Waals surface area contributed by atoms with Crippen LogP contribution >= 0.6 is 0 Å². The number of rotatable bonds is 5. The molecule has 1 aromatic heterocycles. The maximum Gasteiger partial charge on any atom is 0.229 e. The van der Waals surface area contributed by atoms with E-state index in [-0.39, 0.29) is 24.2 Å². The minimum Gasteiger partial charge on any atom is -0.336 e. The Balaban J connectivity index is 1.46. The lowest BCUT2D eigenvalue weighted by Gasteiger charge is -2.17. The summed E-state index contributed by atoms with van der Waals surface area (Å²) in [4.78, 5) is 31.2. The molecule has 0 aliphatic carbocycles. The van der Waals surface area contributed by atoms with Crippen molar-refractivity contribution in [3.63, 3.8) is 0 Å². The number of nitrogens with one attached hydrogen (secondary N) is 1. The highest BCUT2D eigenvalue weighted by Gasteiger charge is 2.34. The molecular formula is C23H21N3O2. The van der Waals surface area contributed by atoms with Crippen LogP contribution in [0.4, 0.5) is 5.69 Å². The monoisotopic (exact) mass is 371 g/mol. The molecule has 2 aromatic carbocycles. The molecule has 1 fully saturated rings. The van der Waals surface area contributed by atoms with Crippen molar-refractivity contribution in [2.75, 3.05) is 11.9 Å². The van der Waals surface area contributed by atoms with Gasteiger partial charge in [0.25, 0.3) is 0 Å². The molecule has 1 aliphatic rings. The lowest BCUT2D eigenvalue weighted by atomic mass is 10.0. The number of aromatic nitrogens is 1. The van der Waals surface area contributed by atoms with Gasteiger partial charge in [0.2, 0.25) is 11.8 Å². The molecule has 0 unspecified atom stereocenters. The van der Waals surface area contributed by atoms with Crippen molar-refractivity contribution in [3.05, 3.63) is 84.7 Å². The molecule has 5 heteroatoms. The van der Waals surface area contributed by atoms with E-state index in [1.165, 1.54) is 0 Å². The van der Waals surface area contributed by atoms with Crippen LogP contribution in [-0.4, -0.2) is 28.2 Å². The fourth-order valence-corrected chi connectivity index (χ4v) is 3.48. The van der Waals surface area contributed by atoms with Crippen LogP contribution in [0.5, 0.6) is 0 Å². The Kier molecular flexibility index (Phi) is 5.15. The molecule has 2 heterocycles. The summed E-state index contributed by atoms with van der Waals surface area (Å²) in [5.74, 6) is -0.498. The number of anilines is 1. The Morgan fingerprint density at radius 2 is 1.75 bits per heavy atom. The molecule has 1 N–H and O–H groups in total. The van der Waals surface area contributed by atoms with Gasteiger partial charge < -0.3 is 10.2 Å². The molecule has 0 radical (unpaired) electrons. The first-order valence-corrected chi connectivity index (χ1v) is 9.34. The molecule has 5 nitrogen and oxygen atoms in total. The zero-order valence-electron chi connectivity index (χ0n) is 15.4. The standard InChI is InChI=1S/C23H21N3O2/c27-22-14-18(15-26(22)16-19-10-6-7-13-24-19)23(28)25-21-12-5-4-11-20(21)17-8-2-1-3-9-17/h1-13,18H,14-16H2,(H,25,28)/t18-/m1/s1. The van der Waals surface area contributed by atoms with Crippen LogP contribution in [0.3, 0.4) is 0 Å². The Bertz CT molecular complexity index is 973. The minimum atomic E-state index is -0.361. The van der Waals surface area contributed by atoms with Gasteiger partial charge in [0.1, 0.15) is 0 Å². The van der Waals surface area contributed by atoms with Crippen molar-refractivity contribution in [1.29, 1.82) is 0 Å². The SMILES string of the molecule is O=C(Nc1ccccc1-c1ccccc1)[C@@H]1CC(=O)N(Cc2ccccn2)C1. The van der Waals surface area contributed by atoms with Gasteiger partial charge in [0.05, 0.1) is 18.2 Å². The highest BCUT2D eigenvalue weighted by molar-refractivity contribution is 5.99. The number of pyridine rings is 1. The number of hydrogen-bond donors (Lipinski definition) is 1. The number of likely N-dealkylation sites (tertiary alicyclic amines) is 1. The highest BCUT2D eigenvalue weighted by Crippen LogP contribution is 2.29. The second-order valence-corrected chi connectivity index (χ2v) is 6.90. The molecule has 1 aliphatic heterocycles. The van der Waals surface area contributed by atoms with Crippen LogP contribution in [0.15, 0.2) is 79.0 Å². The molecule has 0 bridgehead atoms. The van der Waals surface area contributed by atoms with Gasteiger partial charge in [0, 0.05) is 30.4 Å². The lowest BCUT2D eigenvalue weighted by Crippen LogP contribution is -2.28. The summed E-state index contributed by atoms with van der Waals surface area (Å²) < 4.78 is 0. The van der Waals surface area contributed by atoms with Crippen molar-refractivity contribution >= 4 is 17.5 Å². The van der Waals surface area contributed by atoms with E-state index in [2.05, 4.69) is 10.3 Å². The summed E-state index contributed by atoms with van der Waals surface area (Å²) in [5, 5.41) is 3.02. The molecule has 0 spiro atoms. The van der Waals surface area contributed by atoms with E-state index in [1.807, 2.05) is 72.8 Å². The van der Waals surface area contributed by atoms with E-state index in [9.17, 15) is 9.59 Å². The second kappa shape index (κ2) is 8.05. The summed E-state index contributed by atoms with van der Waals surface area (Å²) in [6.07, 6.45) is 1.94. The van der Waals surface area contributed by atoms with Crippen LogP contribution in [0.25, 0.3) is 11.1 Å². The molecule has 4 rings (SSSR count). The maximum atomic E-state index is 12.8. The summed E-state index contributed by atoms with van der Waals surface area (Å²) in [7, 11) is 0. The fourth-order valence-electron chi connectivity index (χ4n) is 3.48. The predicted octanol–water partition coefficient (Wildman–Crippen LogP) is 3.74. The number of amides is 2. The highest BCUT2D eigenvalue weighted by atomic mass is 16.2. The first-order valence-electron chi connectivity index (χ1n) is 9.34. The van der Waals surface area contributed by atoms with Gasteiger partial charge in [-0.05, 0) is 23.8 Å². The largest absolute Gasteiger partial charge is 0.336 e. The van der Waals surface area contributed by atoms with E-state index in [1.54, 1.807) is 11.1 Å². The Hall–Kier alpha value is -3.47. The van der Waals surface area contributed by atoms with Crippen LogP contribution in [0.1, 0.15) is 12.1 Å². The first-order chi connectivity index (χ1) is 13.7. The smallest absolute Gasteiger partial charge is 0.229 e. The van der Waals surface area contributed by atoms with Gasteiger partial charge in [-0.25, -0.2) is 0 Å². The summed E-state index contributed by atoms with van der Waals surface area (Å²) in [6, 6.07) is 23.3. The third-order valence-corrected chi connectivity index (χ3v) is 4.93. The van der Waals surface area contributed by atoms with Crippen molar-refractivity contribution in [1.82, 2.24) is 9.88 Å². The molecular weight excluding hydrogens is 350 g/mol. The van der Waals surface area contributed by atoms with E-state index in [0.717, 1.165) is 22.5 Å². The van der Waals surface area contributed by atoms with E-state index >= 15 is 0 Å². The first kappa shape index (κ1) is 17.9. The number of nitrogens with zero attached hydrogens (tertiary/aromatic N) is 2. The van der Waals surface area contributed by atoms with Crippen LogP contribution in [-0.2, 0) is 16.1 Å². The predicted molar refractivity (Wildman–Crippen MR) is 108 cm³/mol. The normalized spacial score (nSPS) is 16.2. The number of carbonyl (C=O) groups is 2. The van der Waals surface area contributed by atoms with Gasteiger partial charge >= 0.3 is 0 Å². The van der Waals surface area contributed by atoms with Crippen molar-refractivity contribution < 1.29 is 9.59 Å². The average molecular weight is 371 g/mol. The molecule has 1 saturated heterocycles. The third-order valence-electron chi connectivity index (χ3n) is 4.93. The second-order valence-electron chi connectivity index (χ2n) is 6.90. The van der Waals surface area contributed by atoms with Crippen molar-refractivity contribution in [2.24, 2.45) is 5.92 Å². The topological polar surface area (TPSA) is 62.3 Å². The molecule has 140 valence electrons. The molecule has 1 atom stereocenters. The molecule has 3 aromatic rings. The average Bonchev–Trinajstić information content (AvgIpc) is 3.10. The van der Waals surface area contributed by atoms with Gasteiger partial charge in [-0.15, -0.1) is 0 Å². The summed E-state index contributed by atoms with van der Waals surface area (Å²) in [5.41, 5.74) is 3.59. The number of para-hydroxylation sites is 1.